The highest BCUT2D eigenvalue weighted by Crippen LogP contribution is 2.14. The van der Waals surface area contributed by atoms with E-state index in [0.717, 1.165) is 17.7 Å². The molecule has 0 atom stereocenters. The SMILES string of the molecule is CCCOc1ccc(CCC(=O)N(C)CCC(=O)O)cc1. The van der Waals surface area contributed by atoms with Crippen LogP contribution in [0.3, 0.4) is 0 Å². The molecule has 0 heterocycles. The number of aryl methyl sites for hydroxylation is 1. The van der Waals surface area contributed by atoms with Crippen molar-refractivity contribution < 1.29 is 19.4 Å². The first-order valence-electron chi connectivity index (χ1n) is 7.20. The largest absolute Gasteiger partial charge is 0.494 e. The first kappa shape index (κ1) is 17.0. The number of ether oxygens (including phenoxy) is 1. The minimum absolute atomic E-state index is 0.0221. The second-order valence-corrected chi connectivity index (χ2v) is 4.95. The molecule has 116 valence electrons. The van der Waals surface area contributed by atoms with Gasteiger partial charge in [0.15, 0.2) is 0 Å². The zero-order valence-corrected chi connectivity index (χ0v) is 12.7. The van der Waals surface area contributed by atoms with Crippen LogP contribution in [0.15, 0.2) is 24.3 Å². The highest BCUT2D eigenvalue weighted by molar-refractivity contribution is 5.77. The van der Waals surface area contributed by atoms with Gasteiger partial charge in [-0.2, -0.15) is 0 Å². The fourth-order valence-corrected chi connectivity index (χ4v) is 1.80. The lowest BCUT2D eigenvalue weighted by molar-refractivity contribution is -0.138. The molecule has 0 saturated heterocycles. The van der Waals surface area contributed by atoms with Gasteiger partial charge in [0.1, 0.15) is 5.75 Å². The van der Waals surface area contributed by atoms with Crippen molar-refractivity contribution in [1.82, 2.24) is 4.90 Å². The van der Waals surface area contributed by atoms with Crippen LogP contribution in [0.4, 0.5) is 0 Å². The Morgan fingerprint density at radius 3 is 2.43 bits per heavy atom. The van der Waals surface area contributed by atoms with E-state index in [-0.39, 0.29) is 18.9 Å². The lowest BCUT2D eigenvalue weighted by atomic mass is 10.1. The van der Waals surface area contributed by atoms with E-state index in [4.69, 9.17) is 9.84 Å². The molecule has 1 aromatic rings. The summed E-state index contributed by atoms with van der Waals surface area (Å²) in [4.78, 5) is 23.8. The third kappa shape index (κ3) is 6.79. The minimum atomic E-state index is -0.891. The molecule has 0 saturated carbocycles. The number of nitrogens with zero attached hydrogens (tertiary/aromatic N) is 1. The predicted octanol–water partition coefficient (Wildman–Crippen LogP) is 2.34. The number of hydrogen-bond acceptors (Lipinski definition) is 3. The molecule has 0 radical (unpaired) electrons. The Bertz CT molecular complexity index is 456. The number of carboxylic acid groups (broad SMARTS) is 1. The number of rotatable bonds is 9. The Balaban J connectivity index is 2.36. The summed E-state index contributed by atoms with van der Waals surface area (Å²) in [6.07, 6.45) is 1.97. The van der Waals surface area contributed by atoms with Crippen molar-refractivity contribution in [1.29, 1.82) is 0 Å². The van der Waals surface area contributed by atoms with Gasteiger partial charge < -0.3 is 14.7 Å². The summed E-state index contributed by atoms with van der Waals surface area (Å²) >= 11 is 0. The number of carbonyl (C=O) groups excluding carboxylic acids is 1. The molecule has 1 N–H and O–H groups in total. The molecule has 1 aromatic carbocycles. The molecule has 0 aliphatic heterocycles. The molecule has 0 aromatic heterocycles. The average molecular weight is 293 g/mol. The van der Waals surface area contributed by atoms with Crippen LogP contribution < -0.4 is 4.74 Å². The van der Waals surface area contributed by atoms with Crippen molar-refractivity contribution in [2.24, 2.45) is 0 Å². The summed E-state index contributed by atoms with van der Waals surface area (Å²) in [5.41, 5.74) is 1.07. The molecule has 0 unspecified atom stereocenters. The lowest BCUT2D eigenvalue weighted by Gasteiger charge is -2.15. The van der Waals surface area contributed by atoms with Gasteiger partial charge in [0.2, 0.25) is 5.91 Å². The molecular formula is C16H23NO4. The van der Waals surface area contributed by atoms with Gasteiger partial charge in [-0.3, -0.25) is 9.59 Å². The molecule has 1 amide bonds. The third-order valence-corrected chi connectivity index (χ3v) is 3.11. The van der Waals surface area contributed by atoms with Crippen molar-refractivity contribution in [2.75, 3.05) is 20.2 Å². The van der Waals surface area contributed by atoms with E-state index in [1.807, 2.05) is 24.3 Å². The summed E-state index contributed by atoms with van der Waals surface area (Å²) in [7, 11) is 1.63. The topological polar surface area (TPSA) is 66.8 Å². The summed E-state index contributed by atoms with van der Waals surface area (Å²) in [5, 5.41) is 8.59. The monoisotopic (exact) mass is 293 g/mol. The van der Waals surface area contributed by atoms with Crippen molar-refractivity contribution in [3.05, 3.63) is 29.8 Å². The van der Waals surface area contributed by atoms with Crippen LogP contribution in [0, 0.1) is 0 Å². The molecular weight excluding hydrogens is 270 g/mol. The van der Waals surface area contributed by atoms with E-state index in [0.29, 0.717) is 19.4 Å². The molecule has 5 nitrogen and oxygen atoms in total. The van der Waals surface area contributed by atoms with Gasteiger partial charge in [-0.15, -0.1) is 0 Å². The zero-order valence-electron chi connectivity index (χ0n) is 12.7. The molecule has 21 heavy (non-hydrogen) atoms. The maximum Gasteiger partial charge on any atom is 0.305 e. The van der Waals surface area contributed by atoms with Gasteiger partial charge in [0.05, 0.1) is 13.0 Å². The first-order valence-corrected chi connectivity index (χ1v) is 7.20. The fraction of sp³-hybridized carbons (Fsp3) is 0.500. The summed E-state index contributed by atoms with van der Waals surface area (Å²) < 4.78 is 5.50. The van der Waals surface area contributed by atoms with Gasteiger partial charge in [0.25, 0.3) is 0 Å². The van der Waals surface area contributed by atoms with Crippen molar-refractivity contribution in [2.45, 2.75) is 32.6 Å². The van der Waals surface area contributed by atoms with Gasteiger partial charge in [-0.1, -0.05) is 19.1 Å². The Morgan fingerprint density at radius 1 is 1.19 bits per heavy atom. The summed E-state index contributed by atoms with van der Waals surface area (Å²) in [6.45, 7) is 3.00. The predicted molar refractivity (Wildman–Crippen MR) is 80.4 cm³/mol. The van der Waals surface area contributed by atoms with E-state index < -0.39 is 5.97 Å². The molecule has 5 heteroatoms. The van der Waals surface area contributed by atoms with Crippen LogP contribution in [0.2, 0.25) is 0 Å². The van der Waals surface area contributed by atoms with Crippen molar-refractivity contribution in [3.8, 4) is 5.75 Å². The molecule has 1 rings (SSSR count). The Hall–Kier alpha value is -2.04. The molecule has 0 bridgehead atoms. The van der Waals surface area contributed by atoms with E-state index in [2.05, 4.69) is 6.92 Å². The molecule has 0 fully saturated rings. The van der Waals surface area contributed by atoms with Crippen LogP contribution in [-0.2, 0) is 16.0 Å². The maximum absolute atomic E-state index is 11.8. The molecule has 0 aliphatic rings. The second-order valence-electron chi connectivity index (χ2n) is 4.95. The van der Waals surface area contributed by atoms with Gasteiger partial charge in [0, 0.05) is 20.0 Å². The molecule has 0 aliphatic carbocycles. The van der Waals surface area contributed by atoms with Crippen LogP contribution in [0.25, 0.3) is 0 Å². The highest BCUT2D eigenvalue weighted by atomic mass is 16.5. The zero-order chi connectivity index (χ0) is 15.7. The van der Waals surface area contributed by atoms with Crippen LogP contribution >= 0.6 is 0 Å². The lowest BCUT2D eigenvalue weighted by Crippen LogP contribution is -2.29. The van der Waals surface area contributed by atoms with E-state index >= 15 is 0 Å². The van der Waals surface area contributed by atoms with Crippen molar-refractivity contribution >= 4 is 11.9 Å². The van der Waals surface area contributed by atoms with E-state index in [9.17, 15) is 9.59 Å². The Labute approximate surface area is 125 Å². The van der Waals surface area contributed by atoms with E-state index in [1.165, 1.54) is 4.90 Å². The van der Waals surface area contributed by atoms with Gasteiger partial charge in [-0.05, 0) is 30.5 Å². The Morgan fingerprint density at radius 2 is 1.86 bits per heavy atom. The molecule has 0 spiro atoms. The fourth-order valence-electron chi connectivity index (χ4n) is 1.80. The number of amides is 1. The standard InChI is InChI=1S/C16H23NO4/c1-3-12-21-14-7-4-13(5-8-14)6-9-15(18)17(2)11-10-16(19)20/h4-5,7-8H,3,6,9-12H2,1-2H3,(H,19,20). The van der Waals surface area contributed by atoms with Crippen LogP contribution in [-0.4, -0.2) is 42.1 Å². The minimum Gasteiger partial charge on any atom is -0.494 e. The normalized spacial score (nSPS) is 10.2. The smallest absolute Gasteiger partial charge is 0.305 e. The average Bonchev–Trinajstić information content (AvgIpc) is 2.49. The number of carboxylic acids is 1. The van der Waals surface area contributed by atoms with Crippen LogP contribution in [0.5, 0.6) is 5.75 Å². The van der Waals surface area contributed by atoms with Crippen molar-refractivity contribution in [3.63, 3.8) is 0 Å². The summed E-state index contributed by atoms with van der Waals surface area (Å²) in [6, 6.07) is 7.72. The number of carbonyl (C=O) groups is 2. The summed E-state index contributed by atoms with van der Waals surface area (Å²) in [5.74, 6) is -0.0922. The quantitative estimate of drug-likeness (QED) is 0.759. The number of hydrogen-bond donors (Lipinski definition) is 1. The second kappa shape index (κ2) is 9.00. The van der Waals surface area contributed by atoms with Crippen LogP contribution in [0.1, 0.15) is 31.7 Å². The van der Waals surface area contributed by atoms with Gasteiger partial charge in [-0.25, -0.2) is 0 Å². The Kier molecular flexibility index (Phi) is 7.29. The van der Waals surface area contributed by atoms with Gasteiger partial charge >= 0.3 is 5.97 Å². The number of benzene rings is 1. The third-order valence-electron chi connectivity index (χ3n) is 3.11. The highest BCUT2D eigenvalue weighted by Gasteiger charge is 2.10. The first-order chi connectivity index (χ1) is 10.0. The number of aliphatic carboxylic acids is 1. The maximum atomic E-state index is 11.8. The van der Waals surface area contributed by atoms with E-state index in [1.54, 1.807) is 7.05 Å².